The molecule has 0 aromatic heterocycles. The summed E-state index contributed by atoms with van der Waals surface area (Å²) in [5.74, 6) is -0.391. The van der Waals surface area contributed by atoms with Crippen LogP contribution in [0.15, 0.2) is 33.4 Å². The molecule has 0 spiro atoms. The number of fused-ring (bicyclic) bond motifs is 2. The standard InChI is InChI=1S/C20H25BrO3/c1-10(2)12-15(21)17(23)14-13(16(12)22)11(3)20(24)18(4,5)8-7-9-19(14,20)6/h10,24H,3,7-9H2,1-2,4-6H3/t19-,20-/m1/s1. The lowest BCUT2D eigenvalue weighted by molar-refractivity contribution is -0.137. The number of carbonyl (C=O) groups is 2. The van der Waals surface area contributed by atoms with E-state index < -0.39 is 16.4 Å². The molecule has 2 atom stereocenters. The second-order valence-corrected chi connectivity index (χ2v) is 9.34. The van der Waals surface area contributed by atoms with Crippen molar-refractivity contribution in [3.05, 3.63) is 33.4 Å². The van der Waals surface area contributed by atoms with Gasteiger partial charge < -0.3 is 5.11 Å². The van der Waals surface area contributed by atoms with Gasteiger partial charge in [0.25, 0.3) is 0 Å². The highest BCUT2D eigenvalue weighted by Gasteiger charge is 2.68. The molecule has 0 bridgehead atoms. The lowest BCUT2D eigenvalue weighted by atomic mass is 9.52. The molecule has 0 aromatic rings. The van der Waals surface area contributed by atoms with E-state index in [4.69, 9.17) is 0 Å². The van der Waals surface area contributed by atoms with Crippen molar-refractivity contribution in [2.45, 2.75) is 59.5 Å². The molecule has 24 heavy (non-hydrogen) atoms. The Labute approximate surface area is 152 Å². The number of hydrogen-bond acceptors (Lipinski definition) is 3. The van der Waals surface area contributed by atoms with Crippen LogP contribution < -0.4 is 0 Å². The molecule has 3 rings (SSSR count). The first-order chi connectivity index (χ1) is 10.9. The molecule has 0 aliphatic heterocycles. The molecule has 0 saturated heterocycles. The predicted molar refractivity (Wildman–Crippen MR) is 97.7 cm³/mol. The van der Waals surface area contributed by atoms with E-state index in [1.165, 1.54) is 0 Å². The number of hydrogen-bond donors (Lipinski definition) is 1. The maximum Gasteiger partial charge on any atom is 0.197 e. The number of aliphatic hydroxyl groups is 1. The van der Waals surface area contributed by atoms with Crippen molar-refractivity contribution in [1.82, 2.24) is 0 Å². The van der Waals surface area contributed by atoms with Gasteiger partial charge in [-0.25, -0.2) is 0 Å². The topological polar surface area (TPSA) is 54.4 Å². The van der Waals surface area contributed by atoms with Crippen LogP contribution in [0.2, 0.25) is 0 Å². The summed E-state index contributed by atoms with van der Waals surface area (Å²) >= 11 is 3.37. The Morgan fingerprint density at radius 3 is 2.25 bits per heavy atom. The third-order valence-corrected chi connectivity index (χ3v) is 7.30. The number of carbonyl (C=O) groups excluding carboxylic acids is 2. The highest BCUT2D eigenvalue weighted by atomic mass is 79.9. The fourth-order valence-electron chi connectivity index (χ4n) is 5.24. The van der Waals surface area contributed by atoms with Crippen molar-refractivity contribution >= 4 is 27.5 Å². The minimum Gasteiger partial charge on any atom is -0.384 e. The van der Waals surface area contributed by atoms with E-state index >= 15 is 0 Å². The molecule has 3 aliphatic carbocycles. The van der Waals surface area contributed by atoms with E-state index in [9.17, 15) is 14.7 Å². The van der Waals surface area contributed by atoms with E-state index in [2.05, 4.69) is 22.5 Å². The molecule has 1 saturated carbocycles. The van der Waals surface area contributed by atoms with Gasteiger partial charge in [-0.05, 0) is 45.7 Å². The fraction of sp³-hybridized carbons (Fsp3) is 0.600. The molecule has 0 amide bonds. The molecule has 4 heteroatoms. The average molecular weight is 393 g/mol. The van der Waals surface area contributed by atoms with Gasteiger partial charge in [-0.1, -0.05) is 47.6 Å². The van der Waals surface area contributed by atoms with Gasteiger partial charge in [0.05, 0.1) is 4.48 Å². The molecule has 130 valence electrons. The van der Waals surface area contributed by atoms with Gasteiger partial charge in [-0.3, -0.25) is 9.59 Å². The maximum atomic E-state index is 13.2. The quantitative estimate of drug-likeness (QED) is 0.678. The van der Waals surface area contributed by atoms with Crippen molar-refractivity contribution in [3.63, 3.8) is 0 Å². The van der Waals surface area contributed by atoms with Crippen molar-refractivity contribution in [3.8, 4) is 0 Å². The molecule has 0 heterocycles. The number of halogens is 1. The minimum absolute atomic E-state index is 0.0734. The summed E-state index contributed by atoms with van der Waals surface area (Å²) in [7, 11) is 0. The molecule has 0 radical (unpaired) electrons. The summed E-state index contributed by atoms with van der Waals surface area (Å²) in [6.45, 7) is 13.9. The van der Waals surface area contributed by atoms with Gasteiger partial charge >= 0.3 is 0 Å². The summed E-state index contributed by atoms with van der Waals surface area (Å²) in [5, 5.41) is 11.8. The van der Waals surface area contributed by atoms with Gasteiger partial charge in [0.2, 0.25) is 0 Å². The number of Topliss-reactive ketones (excluding diaryl/α,β-unsaturated/α-hetero) is 2. The third kappa shape index (κ3) is 1.76. The van der Waals surface area contributed by atoms with Gasteiger partial charge in [0, 0.05) is 22.1 Å². The normalized spacial score (nSPS) is 35.8. The molecular weight excluding hydrogens is 368 g/mol. The smallest absolute Gasteiger partial charge is 0.197 e. The first kappa shape index (κ1) is 17.8. The fourth-order valence-corrected chi connectivity index (χ4v) is 6.08. The number of rotatable bonds is 1. The molecule has 3 aliphatic rings. The maximum absolute atomic E-state index is 13.2. The monoisotopic (exact) mass is 392 g/mol. The van der Waals surface area contributed by atoms with Gasteiger partial charge in [-0.2, -0.15) is 0 Å². The van der Waals surface area contributed by atoms with Crippen molar-refractivity contribution in [2.75, 3.05) is 0 Å². The van der Waals surface area contributed by atoms with Crippen molar-refractivity contribution in [1.29, 1.82) is 0 Å². The second-order valence-electron chi connectivity index (χ2n) is 8.55. The average Bonchev–Trinajstić information content (AvgIpc) is 2.64. The van der Waals surface area contributed by atoms with Crippen LogP contribution in [-0.4, -0.2) is 22.3 Å². The van der Waals surface area contributed by atoms with Crippen LogP contribution in [0.3, 0.4) is 0 Å². The van der Waals surface area contributed by atoms with Crippen LogP contribution in [-0.2, 0) is 9.59 Å². The lowest BCUT2D eigenvalue weighted by Gasteiger charge is -2.55. The van der Waals surface area contributed by atoms with Gasteiger partial charge in [0.1, 0.15) is 5.60 Å². The molecular formula is C20H25BrO3. The molecule has 1 fully saturated rings. The lowest BCUT2D eigenvalue weighted by Crippen LogP contribution is -2.58. The Balaban J connectivity index is 2.30. The van der Waals surface area contributed by atoms with E-state index in [0.717, 1.165) is 12.8 Å². The van der Waals surface area contributed by atoms with Crippen LogP contribution in [0.4, 0.5) is 0 Å². The Hall–Kier alpha value is -1.00. The van der Waals surface area contributed by atoms with Gasteiger partial charge in [0.15, 0.2) is 11.6 Å². The molecule has 0 aromatic carbocycles. The van der Waals surface area contributed by atoms with E-state index in [-0.39, 0.29) is 17.5 Å². The predicted octanol–water partition coefficient (Wildman–Crippen LogP) is 4.26. The Morgan fingerprint density at radius 1 is 1.12 bits per heavy atom. The SMILES string of the molecule is C=C1C2=C(C(=O)C(Br)=C(C(C)C)C2=O)[C@@]2(C)CCCC(C)(C)[C@]12O. The largest absolute Gasteiger partial charge is 0.384 e. The van der Waals surface area contributed by atoms with Crippen LogP contribution in [0.1, 0.15) is 53.9 Å². The second kappa shape index (κ2) is 5.01. The first-order valence-corrected chi connectivity index (χ1v) is 9.37. The summed E-state index contributed by atoms with van der Waals surface area (Å²) in [5.41, 5.74) is -0.733. The van der Waals surface area contributed by atoms with Crippen LogP contribution in [0.25, 0.3) is 0 Å². The Bertz CT molecular complexity index is 753. The Morgan fingerprint density at radius 2 is 1.71 bits per heavy atom. The molecule has 3 nitrogen and oxygen atoms in total. The zero-order valence-corrected chi connectivity index (χ0v) is 16.6. The molecule has 0 unspecified atom stereocenters. The van der Waals surface area contributed by atoms with E-state index in [1.54, 1.807) is 0 Å². The number of allylic oxidation sites excluding steroid dienone is 2. The van der Waals surface area contributed by atoms with Crippen LogP contribution in [0, 0.1) is 16.7 Å². The zero-order chi connectivity index (χ0) is 18.2. The van der Waals surface area contributed by atoms with Crippen molar-refractivity contribution < 1.29 is 14.7 Å². The van der Waals surface area contributed by atoms with Crippen molar-refractivity contribution in [2.24, 2.45) is 16.7 Å². The third-order valence-electron chi connectivity index (χ3n) is 6.51. The summed E-state index contributed by atoms with van der Waals surface area (Å²) in [6.07, 6.45) is 2.43. The minimum atomic E-state index is -1.27. The number of ketones is 2. The molecule has 1 N–H and O–H groups in total. The summed E-state index contributed by atoms with van der Waals surface area (Å²) in [4.78, 5) is 26.3. The highest BCUT2D eigenvalue weighted by Crippen LogP contribution is 2.67. The van der Waals surface area contributed by atoms with Gasteiger partial charge in [-0.15, -0.1) is 0 Å². The Kier molecular flexibility index (Phi) is 3.72. The van der Waals surface area contributed by atoms with E-state index in [1.807, 2.05) is 34.6 Å². The summed E-state index contributed by atoms with van der Waals surface area (Å²) in [6, 6.07) is 0. The van der Waals surface area contributed by atoms with Crippen LogP contribution in [0.5, 0.6) is 0 Å². The van der Waals surface area contributed by atoms with E-state index in [0.29, 0.717) is 33.2 Å². The first-order valence-electron chi connectivity index (χ1n) is 8.57. The highest BCUT2D eigenvalue weighted by molar-refractivity contribution is 9.12. The van der Waals surface area contributed by atoms with Crippen LogP contribution >= 0.6 is 15.9 Å². The zero-order valence-electron chi connectivity index (χ0n) is 15.0. The summed E-state index contributed by atoms with van der Waals surface area (Å²) < 4.78 is 0.350.